The maximum atomic E-state index is 13.7. The molecule has 2 aromatic carbocycles. The Morgan fingerprint density at radius 2 is 1.86 bits per heavy atom. The van der Waals surface area contributed by atoms with E-state index in [9.17, 15) is 14.4 Å². The molecule has 0 bridgehead atoms. The second kappa shape index (κ2) is 10.0. The predicted molar refractivity (Wildman–Crippen MR) is 134 cm³/mol. The number of hydrogen-bond acceptors (Lipinski definition) is 8. The Hall–Kier alpha value is -3.50. The van der Waals surface area contributed by atoms with Gasteiger partial charge in [-0.05, 0) is 48.9 Å². The largest absolute Gasteiger partial charge is 0.497 e. The van der Waals surface area contributed by atoms with Gasteiger partial charge >= 0.3 is 11.9 Å². The molecule has 0 fully saturated rings. The second-order valence-corrected chi connectivity index (χ2v) is 9.55. The van der Waals surface area contributed by atoms with Crippen LogP contribution in [-0.2, 0) is 14.3 Å². The molecule has 8 nitrogen and oxygen atoms in total. The van der Waals surface area contributed by atoms with Crippen LogP contribution in [0.4, 0.5) is 0 Å². The van der Waals surface area contributed by atoms with Gasteiger partial charge in [0.25, 0.3) is 5.56 Å². The molecule has 1 aliphatic heterocycles. The minimum Gasteiger partial charge on any atom is -0.497 e. The van der Waals surface area contributed by atoms with Crippen molar-refractivity contribution in [2.75, 3.05) is 14.2 Å². The van der Waals surface area contributed by atoms with Gasteiger partial charge < -0.3 is 14.2 Å². The summed E-state index contributed by atoms with van der Waals surface area (Å²) in [6.45, 7) is 3.03. The zero-order chi connectivity index (χ0) is 25.3. The number of fused-ring (bicyclic) bond motifs is 1. The summed E-state index contributed by atoms with van der Waals surface area (Å²) in [5.41, 5.74) is 1.66. The number of carbonyl (C=O) groups is 2. The normalized spacial score (nSPS) is 15.3. The minimum absolute atomic E-state index is 0.277. The summed E-state index contributed by atoms with van der Waals surface area (Å²) in [7, 11) is 2.86. The molecule has 1 aliphatic rings. The molecule has 180 valence electrons. The van der Waals surface area contributed by atoms with Gasteiger partial charge in [-0.15, -0.1) is 0 Å². The van der Waals surface area contributed by atoms with E-state index >= 15 is 0 Å². The number of rotatable bonds is 5. The summed E-state index contributed by atoms with van der Waals surface area (Å²) in [6.07, 6.45) is 1.65. The zero-order valence-corrected chi connectivity index (χ0v) is 21.7. The third kappa shape index (κ3) is 4.85. The first-order valence-electron chi connectivity index (χ1n) is 10.5. The van der Waals surface area contributed by atoms with Crippen LogP contribution in [0, 0.1) is 0 Å². The van der Waals surface area contributed by atoms with Crippen molar-refractivity contribution in [2.45, 2.75) is 19.9 Å². The first kappa shape index (κ1) is 24.6. The van der Waals surface area contributed by atoms with E-state index in [1.165, 1.54) is 29.9 Å². The highest BCUT2D eigenvalue weighted by atomic mass is 79.9. The van der Waals surface area contributed by atoms with E-state index in [1.54, 1.807) is 62.6 Å². The Morgan fingerprint density at radius 1 is 1.14 bits per heavy atom. The van der Waals surface area contributed by atoms with E-state index in [1.807, 2.05) is 0 Å². The third-order valence-electron chi connectivity index (χ3n) is 5.37. The molecule has 2 heterocycles. The van der Waals surface area contributed by atoms with E-state index in [4.69, 9.17) is 14.2 Å². The molecule has 0 saturated carbocycles. The van der Waals surface area contributed by atoms with Gasteiger partial charge in [0.15, 0.2) is 4.80 Å². The number of thiazole rings is 1. The number of carbonyl (C=O) groups excluding carboxylic acids is 2. The molecule has 1 atom stereocenters. The number of esters is 2. The highest BCUT2D eigenvalue weighted by Crippen LogP contribution is 2.31. The van der Waals surface area contributed by atoms with Crippen molar-refractivity contribution >= 4 is 45.3 Å². The standard InChI is InChI=1S/C25H21BrN2O6S/c1-13-21(24(31)33-4)22(15-5-8-18(32-3)9-6-15)28-23(30)20(35-25(28)27-13)12-16-11-17(26)7-10-19(16)34-14(2)29/h5-12,22H,1-4H3/b20-12+. The second-order valence-electron chi connectivity index (χ2n) is 7.62. The number of allylic oxidation sites excluding steroid dienone is 1. The molecule has 0 aliphatic carbocycles. The van der Waals surface area contributed by atoms with Crippen LogP contribution in [0.2, 0.25) is 0 Å². The Kier molecular flexibility index (Phi) is 7.04. The zero-order valence-electron chi connectivity index (χ0n) is 19.3. The molecule has 35 heavy (non-hydrogen) atoms. The van der Waals surface area contributed by atoms with Crippen LogP contribution >= 0.6 is 27.3 Å². The first-order chi connectivity index (χ1) is 16.7. The summed E-state index contributed by atoms with van der Waals surface area (Å²) in [5.74, 6) is -0.0643. The van der Waals surface area contributed by atoms with Crippen LogP contribution in [0.25, 0.3) is 6.08 Å². The minimum atomic E-state index is -0.734. The Balaban J connectivity index is 1.96. The SMILES string of the molecule is COC(=O)C1=C(C)N=c2s/c(=C/c3cc(Br)ccc3OC(C)=O)c(=O)n2C1c1ccc(OC)cc1. The molecule has 0 spiro atoms. The van der Waals surface area contributed by atoms with Gasteiger partial charge in [0.2, 0.25) is 0 Å². The van der Waals surface area contributed by atoms with Crippen LogP contribution in [0.15, 0.2) is 68.0 Å². The maximum absolute atomic E-state index is 13.7. The van der Waals surface area contributed by atoms with Gasteiger partial charge in [-0.3, -0.25) is 14.2 Å². The van der Waals surface area contributed by atoms with Crippen LogP contribution in [0.3, 0.4) is 0 Å². The topological polar surface area (TPSA) is 96.2 Å². The van der Waals surface area contributed by atoms with Gasteiger partial charge in [-0.2, -0.15) is 0 Å². The lowest BCUT2D eigenvalue weighted by Crippen LogP contribution is -2.39. The van der Waals surface area contributed by atoms with Gasteiger partial charge in [0, 0.05) is 17.0 Å². The Labute approximate surface area is 212 Å². The first-order valence-corrected chi connectivity index (χ1v) is 12.1. The fourth-order valence-corrected chi connectivity index (χ4v) is 5.23. The molecule has 1 aromatic heterocycles. The number of hydrogen-bond donors (Lipinski definition) is 0. The van der Waals surface area contributed by atoms with Gasteiger partial charge in [0.05, 0.1) is 36.1 Å². The highest BCUT2D eigenvalue weighted by molar-refractivity contribution is 9.10. The van der Waals surface area contributed by atoms with Crippen molar-refractivity contribution in [1.82, 2.24) is 4.57 Å². The van der Waals surface area contributed by atoms with E-state index in [0.29, 0.717) is 37.7 Å². The number of halogens is 1. The number of aromatic nitrogens is 1. The summed E-state index contributed by atoms with van der Waals surface area (Å²) < 4.78 is 18.2. The molecule has 0 amide bonds. The molecule has 0 N–H and O–H groups in total. The molecular weight excluding hydrogens is 536 g/mol. The van der Waals surface area contributed by atoms with Crippen molar-refractivity contribution in [3.63, 3.8) is 0 Å². The number of ether oxygens (including phenoxy) is 3. The molecule has 1 unspecified atom stereocenters. The average molecular weight is 557 g/mol. The van der Waals surface area contributed by atoms with E-state index < -0.39 is 18.0 Å². The molecular formula is C25H21BrN2O6S. The monoisotopic (exact) mass is 556 g/mol. The summed E-state index contributed by atoms with van der Waals surface area (Å²) >= 11 is 4.60. The number of benzene rings is 2. The Bertz CT molecular complexity index is 1540. The van der Waals surface area contributed by atoms with Crippen molar-refractivity contribution < 1.29 is 23.8 Å². The summed E-state index contributed by atoms with van der Waals surface area (Å²) in [4.78, 5) is 43.0. The Morgan fingerprint density at radius 3 is 2.49 bits per heavy atom. The van der Waals surface area contributed by atoms with E-state index in [-0.39, 0.29) is 11.1 Å². The van der Waals surface area contributed by atoms with Crippen molar-refractivity contribution in [3.05, 3.63) is 89.0 Å². The lowest BCUT2D eigenvalue weighted by Gasteiger charge is -2.24. The van der Waals surface area contributed by atoms with Crippen LogP contribution in [0.1, 0.15) is 31.0 Å². The van der Waals surface area contributed by atoms with Gasteiger partial charge in [-0.25, -0.2) is 9.79 Å². The molecule has 0 saturated heterocycles. The van der Waals surface area contributed by atoms with Gasteiger partial charge in [-0.1, -0.05) is 39.4 Å². The highest BCUT2D eigenvalue weighted by Gasteiger charge is 2.33. The lowest BCUT2D eigenvalue weighted by molar-refractivity contribution is -0.136. The van der Waals surface area contributed by atoms with Crippen LogP contribution in [0.5, 0.6) is 11.5 Å². The molecule has 0 radical (unpaired) electrons. The lowest BCUT2D eigenvalue weighted by atomic mass is 9.96. The van der Waals surface area contributed by atoms with Crippen LogP contribution in [-0.4, -0.2) is 30.7 Å². The van der Waals surface area contributed by atoms with E-state index in [0.717, 1.165) is 4.47 Å². The fourth-order valence-electron chi connectivity index (χ4n) is 3.82. The van der Waals surface area contributed by atoms with Crippen molar-refractivity contribution in [2.24, 2.45) is 4.99 Å². The van der Waals surface area contributed by atoms with Crippen molar-refractivity contribution in [1.29, 1.82) is 0 Å². The van der Waals surface area contributed by atoms with E-state index in [2.05, 4.69) is 20.9 Å². The smallest absolute Gasteiger partial charge is 0.338 e. The van der Waals surface area contributed by atoms with Crippen LogP contribution < -0.4 is 24.4 Å². The number of methoxy groups -OCH3 is 2. The average Bonchev–Trinajstić information content (AvgIpc) is 3.13. The molecule has 10 heteroatoms. The summed E-state index contributed by atoms with van der Waals surface area (Å²) in [6, 6.07) is 11.5. The fraction of sp³-hybridized carbons (Fsp3) is 0.200. The maximum Gasteiger partial charge on any atom is 0.338 e. The predicted octanol–water partition coefficient (Wildman–Crippen LogP) is 3.10. The third-order valence-corrected chi connectivity index (χ3v) is 6.85. The number of nitrogens with zero attached hydrogens (tertiary/aromatic N) is 2. The van der Waals surface area contributed by atoms with Crippen molar-refractivity contribution in [3.8, 4) is 11.5 Å². The quantitative estimate of drug-likeness (QED) is 0.354. The molecule has 3 aromatic rings. The summed E-state index contributed by atoms with van der Waals surface area (Å²) in [5, 5.41) is 0. The van der Waals surface area contributed by atoms with Gasteiger partial charge in [0.1, 0.15) is 11.5 Å². The molecule has 4 rings (SSSR count).